The molecule has 2 aromatic carbocycles. The fraction of sp³-hybridized carbons (Fsp3) is 0.727. The van der Waals surface area contributed by atoms with Crippen molar-refractivity contribution in [3.63, 3.8) is 0 Å². The molecule has 49 heavy (non-hydrogen) atoms. The molecule has 0 aliphatic carbocycles. The number of rotatable bonds is 30. The highest BCUT2D eigenvalue weighted by molar-refractivity contribution is 7.82. The van der Waals surface area contributed by atoms with E-state index in [0.29, 0.717) is 0 Å². The fourth-order valence-electron chi connectivity index (χ4n) is 6.95. The van der Waals surface area contributed by atoms with E-state index in [1.165, 1.54) is 148 Å². The Bertz CT molecular complexity index is 1090. The monoisotopic (exact) mass is 698 g/mol. The van der Waals surface area contributed by atoms with Crippen molar-refractivity contribution in [2.45, 2.75) is 183 Å². The molecule has 0 N–H and O–H groups in total. The zero-order chi connectivity index (χ0) is 35.2. The van der Waals surface area contributed by atoms with Crippen LogP contribution in [0.15, 0.2) is 24.3 Å². The molecule has 0 unspecified atom stereocenters. The zero-order valence-corrected chi connectivity index (χ0v) is 33.7. The SMILES string of the molecule is CCCCCCCCCCO[P+]1(OCCCCCCCCCC)c2cc(C)c(OCCCCC)cc2-c2cc(OCCCCC)c(C)cc21. The van der Waals surface area contributed by atoms with Crippen LogP contribution in [0.4, 0.5) is 0 Å². The van der Waals surface area contributed by atoms with Crippen LogP contribution in [0.5, 0.6) is 11.5 Å². The van der Waals surface area contributed by atoms with Gasteiger partial charge in [0, 0.05) is 11.1 Å². The summed E-state index contributed by atoms with van der Waals surface area (Å²) < 4.78 is 27.2. The third-order valence-corrected chi connectivity index (χ3v) is 13.2. The third-order valence-electron chi connectivity index (χ3n) is 10.1. The van der Waals surface area contributed by atoms with Gasteiger partial charge in [-0.2, -0.15) is 9.05 Å². The van der Waals surface area contributed by atoms with Gasteiger partial charge in [0.2, 0.25) is 0 Å². The summed E-state index contributed by atoms with van der Waals surface area (Å²) in [6, 6.07) is 9.26. The van der Waals surface area contributed by atoms with Crippen LogP contribution in [-0.2, 0) is 9.05 Å². The first-order chi connectivity index (χ1) is 24.0. The molecule has 0 saturated heterocycles. The van der Waals surface area contributed by atoms with Crippen LogP contribution in [0, 0.1) is 13.8 Å². The van der Waals surface area contributed by atoms with E-state index in [-0.39, 0.29) is 0 Å². The maximum Gasteiger partial charge on any atom is 0.340 e. The molecule has 1 heterocycles. The largest absolute Gasteiger partial charge is 0.493 e. The van der Waals surface area contributed by atoms with E-state index in [4.69, 9.17) is 18.5 Å². The fourth-order valence-corrected chi connectivity index (χ4v) is 10.3. The van der Waals surface area contributed by atoms with E-state index in [9.17, 15) is 0 Å². The van der Waals surface area contributed by atoms with Crippen LogP contribution >= 0.6 is 7.72 Å². The van der Waals surface area contributed by atoms with Crippen molar-refractivity contribution in [3.8, 4) is 22.6 Å². The third kappa shape index (κ3) is 13.5. The van der Waals surface area contributed by atoms with Crippen molar-refractivity contribution in [2.75, 3.05) is 26.4 Å². The lowest BCUT2D eigenvalue weighted by molar-refractivity contribution is 0.237. The van der Waals surface area contributed by atoms with Crippen molar-refractivity contribution in [2.24, 2.45) is 0 Å². The summed E-state index contributed by atoms with van der Waals surface area (Å²) in [5.41, 5.74) is 4.77. The van der Waals surface area contributed by atoms with Crippen molar-refractivity contribution in [1.82, 2.24) is 0 Å². The lowest BCUT2D eigenvalue weighted by atomic mass is 10.0. The second kappa shape index (κ2) is 24.6. The summed E-state index contributed by atoms with van der Waals surface area (Å²) in [7, 11) is -2.55. The number of aryl methyl sites for hydroxylation is 2. The number of hydrogen-bond donors (Lipinski definition) is 0. The molecule has 1 aliphatic rings. The Labute approximate surface area is 303 Å². The van der Waals surface area contributed by atoms with E-state index >= 15 is 0 Å². The molecule has 0 saturated carbocycles. The van der Waals surface area contributed by atoms with Gasteiger partial charge in [0.1, 0.15) is 11.5 Å². The van der Waals surface area contributed by atoms with Crippen molar-refractivity contribution < 1.29 is 18.5 Å². The van der Waals surface area contributed by atoms with Crippen LogP contribution < -0.4 is 20.1 Å². The number of fused-ring (bicyclic) bond motifs is 3. The van der Waals surface area contributed by atoms with Crippen molar-refractivity contribution >= 4 is 18.3 Å². The van der Waals surface area contributed by atoms with E-state index in [1.807, 2.05) is 0 Å². The van der Waals surface area contributed by atoms with E-state index in [0.717, 1.165) is 63.6 Å². The molecule has 0 radical (unpaired) electrons. The molecule has 3 rings (SSSR count). The van der Waals surface area contributed by atoms with Gasteiger partial charge in [-0.05, 0) is 74.9 Å². The summed E-state index contributed by atoms with van der Waals surface area (Å²) in [5, 5.41) is 2.48. The Hall–Kier alpha value is -1.61. The van der Waals surface area contributed by atoms with Gasteiger partial charge in [-0.25, -0.2) is 0 Å². The topological polar surface area (TPSA) is 36.9 Å². The van der Waals surface area contributed by atoms with Crippen molar-refractivity contribution in [3.05, 3.63) is 35.4 Å². The predicted molar refractivity (Wildman–Crippen MR) is 215 cm³/mol. The van der Waals surface area contributed by atoms with Gasteiger partial charge in [0.15, 0.2) is 10.6 Å². The molecule has 0 aromatic heterocycles. The Morgan fingerprint density at radius 1 is 0.388 bits per heavy atom. The molecular weight excluding hydrogens is 623 g/mol. The first-order valence-corrected chi connectivity index (χ1v) is 22.4. The zero-order valence-electron chi connectivity index (χ0n) is 32.8. The predicted octanol–water partition coefficient (Wildman–Crippen LogP) is 13.5. The number of unbranched alkanes of at least 4 members (excludes halogenated alkanes) is 18. The molecule has 2 aromatic rings. The maximum absolute atomic E-state index is 7.18. The Balaban J connectivity index is 1.88. The summed E-state index contributed by atoms with van der Waals surface area (Å²) in [4.78, 5) is 0. The lowest BCUT2D eigenvalue weighted by Gasteiger charge is -2.22. The average Bonchev–Trinajstić information content (AvgIpc) is 3.34. The highest BCUT2D eigenvalue weighted by Crippen LogP contribution is 2.66. The molecular formula is C44H74O4P+. The van der Waals surface area contributed by atoms with E-state index < -0.39 is 7.72 Å². The van der Waals surface area contributed by atoms with Gasteiger partial charge in [-0.3, -0.25) is 0 Å². The van der Waals surface area contributed by atoms with Crippen molar-refractivity contribution in [1.29, 1.82) is 0 Å². The van der Waals surface area contributed by atoms with Gasteiger partial charge in [-0.15, -0.1) is 0 Å². The second-order valence-corrected chi connectivity index (χ2v) is 17.1. The van der Waals surface area contributed by atoms with Crippen LogP contribution in [-0.4, -0.2) is 26.4 Å². The Morgan fingerprint density at radius 3 is 1.06 bits per heavy atom. The first kappa shape index (κ1) is 41.8. The minimum Gasteiger partial charge on any atom is -0.493 e. The smallest absolute Gasteiger partial charge is 0.340 e. The molecule has 1 aliphatic heterocycles. The Kier molecular flexibility index (Phi) is 20.9. The van der Waals surface area contributed by atoms with Crippen LogP contribution in [0.3, 0.4) is 0 Å². The highest BCUT2D eigenvalue weighted by atomic mass is 31.2. The molecule has 0 fully saturated rings. The van der Waals surface area contributed by atoms with Gasteiger partial charge in [0.25, 0.3) is 0 Å². The number of ether oxygens (including phenoxy) is 2. The number of benzene rings is 2. The average molecular weight is 698 g/mol. The molecule has 0 atom stereocenters. The first-order valence-electron chi connectivity index (χ1n) is 20.8. The quantitative estimate of drug-likeness (QED) is 0.0601. The molecule has 0 amide bonds. The van der Waals surface area contributed by atoms with Gasteiger partial charge in [0.05, 0.1) is 26.4 Å². The summed E-state index contributed by atoms with van der Waals surface area (Å²) in [6.45, 7) is 16.4. The normalized spacial score (nSPS) is 13.1. The van der Waals surface area contributed by atoms with Crippen LogP contribution in [0.25, 0.3) is 11.1 Å². The Morgan fingerprint density at radius 2 is 0.694 bits per heavy atom. The summed E-state index contributed by atoms with van der Waals surface area (Å²) >= 11 is 0. The summed E-state index contributed by atoms with van der Waals surface area (Å²) in [5.74, 6) is 1.97. The van der Waals surface area contributed by atoms with Gasteiger partial charge in [-0.1, -0.05) is 143 Å². The standard InChI is InChI=1S/C44H74O4P/c1-7-11-15-17-19-21-23-27-31-47-49(48-32-28-24-22-20-18-16-12-8-2)43-33-37(5)41(45-29-25-13-9-3)35-39(43)40-36-42(38(6)34-44(40)49)46-30-26-14-10-4/h33-36H,7-32H2,1-6H3/q+1. The van der Waals surface area contributed by atoms with Crippen LogP contribution in [0.1, 0.15) is 180 Å². The molecule has 0 bridgehead atoms. The lowest BCUT2D eigenvalue weighted by Crippen LogP contribution is -2.24. The number of hydrogen-bond acceptors (Lipinski definition) is 4. The molecule has 5 heteroatoms. The van der Waals surface area contributed by atoms with Gasteiger partial charge < -0.3 is 9.47 Å². The molecule has 4 nitrogen and oxygen atoms in total. The minimum atomic E-state index is -2.55. The maximum atomic E-state index is 7.18. The van der Waals surface area contributed by atoms with Crippen LogP contribution in [0.2, 0.25) is 0 Å². The molecule has 278 valence electrons. The minimum absolute atomic E-state index is 0.738. The van der Waals surface area contributed by atoms with E-state index in [1.54, 1.807) is 0 Å². The summed E-state index contributed by atoms with van der Waals surface area (Å²) in [6.07, 6.45) is 27.6. The second-order valence-electron chi connectivity index (χ2n) is 14.5. The van der Waals surface area contributed by atoms with E-state index in [2.05, 4.69) is 65.8 Å². The highest BCUT2D eigenvalue weighted by Gasteiger charge is 2.57. The molecule has 0 spiro atoms. The van der Waals surface area contributed by atoms with Gasteiger partial charge >= 0.3 is 7.72 Å².